The summed E-state index contributed by atoms with van der Waals surface area (Å²) in [5.41, 5.74) is 1.79. The van der Waals surface area contributed by atoms with Crippen LogP contribution in [0, 0.1) is 23.2 Å². The van der Waals surface area contributed by atoms with Crippen LogP contribution in [0.5, 0.6) is 5.75 Å². The van der Waals surface area contributed by atoms with Crippen molar-refractivity contribution in [3.05, 3.63) is 59.2 Å². The number of carbonyl (C=O) groups is 1. The van der Waals surface area contributed by atoms with Gasteiger partial charge in [0, 0.05) is 10.5 Å². The molecule has 126 valence electrons. The molecule has 0 aliphatic heterocycles. The summed E-state index contributed by atoms with van der Waals surface area (Å²) in [6.45, 7) is 1.68. The summed E-state index contributed by atoms with van der Waals surface area (Å²) in [7, 11) is 0. The number of aliphatic carboxylic acids is 1. The summed E-state index contributed by atoms with van der Waals surface area (Å²) < 4.78 is 5.25. The SMILES string of the molecule is CCCSc1cccc(C#Cc2cc(C#N)ccc2OCC(=O)O)c1. The molecule has 0 fully saturated rings. The Bertz CT molecular complexity index is 859. The lowest BCUT2D eigenvalue weighted by molar-refractivity contribution is -0.139. The van der Waals surface area contributed by atoms with Crippen LogP contribution < -0.4 is 4.74 Å². The van der Waals surface area contributed by atoms with Gasteiger partial charge in [0.05, 0.1) is 17.2 Å². The Kier molecular flexibility index (Phi) is 6.95. The molecular formula is C20H17NO3S. The molecule has 0 aliphatic carbocycles. The van der Waals surface area contributed by atoms with E-state index in [0.717, 1.165) is 22.6 Å². The fourth-order valence-electron chi connectivity index (χ4n) is 1.99. The third-order valence-corrected chi connectivity index (χ3v) is 4.31. The molecule has 0 saturated heterocycles. The third-order valence-electron chi connectivity index (χ3n) is 3.11. The minimum atomic E-state index is -1.07. The summed E-state index contributed by atoms with van der Waals surface area (Å²) in [6, 6.07) is 14.7. The minimum absolute atomic E-state index is 0.352. The van der Waals surface area contributed by atoms with Gasteiger partial charge in [-0.2, -0.15) is 5.26 Å². The van der Waals surface area contributed by atoms with Gasteiger partial charge >= 0.3 is 5.97 Å². The van der Waals surface area contributed by atoms with Crippen LogP contribution in [-0.2, 0) is 4.79 Å². The zero-order valence-corrected chi connectivity index (χ0v) is 14.6. The number of thioether (sulfide) groups is 1. The van der Waals surface area contributed by atoms with Crippen molar-refractivity contribution >= 4 is 17.7 Å². The normalized spacial score (nSPS) is 9.60. The van der Waals surface area contributed by atoms with E-state index in [9.17, 15) is 4.79 Å². The number of hydrogen-bond acceptors (Lipinski definition) is 4. The maximum Gasteiger partial charge on any atom is 0.341 e. The highest BCUT2D eigenvalue weighted by Crippen LogP contribution is 2.21. The average Bonchev–Trinajstić information content (AvgIpc) is 2.63. The molecule has 0 amide bonds. The number of ether oxygens (including phenoxy) is 1. The van der Waals surface area contributed by atoms with Crippen molar-refractivity contribution in [1.29, 1.82) is 5.26 Å². The summed E-state index contributed by atoms with van der Waals surface area (Å²) in [4.78, 5) is 11.8. The van der Waals surface area contributed by atoms with E-state index in [1.54, 1.807) is 30.0 Å². The Hall–Kier alpha value is -2.89. The van der Waals surface area contributed by atoms with E-state index in [2.05, 4.69) is 18.8 Å². The van der Waals surface area contributed by atoms with E-state index in [4.69, 9.17) is 15.1 Å². The molecule has 0 spiro atoms. The van der Waals surface area contributed by atoms with Gasteiger partial charge in [-0.15, -0.1) is 11.8 Å². The summed E-state index contributed by atoms with van der Waals surface area (Å²) >= 11 is 1.78. The molecule has 4 nitrogen and oxygen atoms in total. The number of nitriles is 1. The summed E-state index contributed by atoms with van der Waals surface area (Å²) in [5.74, 6) is 6.38. The van der Waals surface area contributed by atoms with Crippen LogP contribution >= 0.6 is 11.8 Å². The van der Waals surface area contributed by atoms with Crippen LogP contribution in [0.2, 0.25) is 0 Å². The highest BCUT2D eigenvalue weighted by Gasteiger charge is 2.06. The Labute approximate surface area is 151 Å². The van der Waals surface area contributed by atoms with Gasteiger partial charge in [0.25, 0.3) is 0 Å². The highest BCUT2D eigenvalue weighted by molar-refractivity contribution is 7.99. The Morgan fingerprint density at radius 1 is 1.20 bits per heavy atom. The van der Waals surface area contributed by atoms with E-state index >= 15 is 0 Å². The van der Waals surface area contributed by atoms with Crippen molar-refractivity contribution in [3.8, 4) is 23.7 Å². The van der Waals surface area contributed by atoms with Crippen LogP contribution in [-0.4, -0.2) is 23.4 Å². The van der Waals surface area contributed by atoms with Crippen LogP contribution in [0.3, 0.4) is 0 Å². The third kappa shape index (κ3) is 5.91. The van der Waals surface area contributed by atoms with Crippen molar-refractivity contribution in [1.82, 2.24) is 0 Å². The molecule has 5 heteroatoms. The quantitative estimate of drug-likeness (QED) is 0.631. The van der Waals surface area contributed by atoms with E-state index in [0.29, 0.717) is 16.9 Å². The van der Waals surface area contributed by atoms with Crippen LogP contribution in [0.1, 0.15) is 30.0 Å². The molecule has 2 rings (SSSR count). The Morgan fingerprint density at radius 3 is 2.76 bits per heavy atom. The molecule has 0 aliphatic rings. The smallest absolute Gasteiger partial charge is 0.341 e. The number of hydrogen-bond donors (Lipinski definition) is 1. The zero-order valence-electron chi connectivity index (χ0n) is 13.8. The van der Waals surface area contributed by atoms with Gasteiger partial charge in [-0.1, -0.05) is 24.8 Å². The topological polar surface area (TPSA) is 70.3 Å². The lowest BCUT2D eigenvalue weighted by atomic mass is 10.1. The van der Waals surface area contributed by atoms with Crippen molar-refractivity contribution in [2.45, 2.75) is 18.2 Å². The Balaban J connectivity index is 2.28. The molecule has 0 heterocycles. The first kappa shape index (κ1) is 18.4. The lowest BCUT2D eigenvalue weighted by Crippen LogP contribution is -2.10. The molecule has 2 aromatic carbocycles. The van der Waals surface area contributed by atoms with Gasteiger partial charge in [-0.3, -0.25) is 0 Å². The molecule has 0 unspecified atom stereocenters. The second-order valence-electron chi connectivity index (χ2n) is 5.13. The maximum absolute atomic E-state index is 10.7. The van der Waals surface area contributed by atoms with Crippen LogP contribution in [0.15, 0.2) is 47.4 Å². The predicted molar refractivity (Wildman–Crippen MR) is 97.7 cm³/mol. The second-order valence-corrected chi connectivity index (χ2v) is 6.30. The molecular weight excluding hydrogens is 334 g/mol. The number of carboxylic acid groups (broad SMARTS) is 1. The van der Waals surface area contributed by atoms with Crippen molar-refractivity contribution in [3.63, 3.8) is 0 Å². The van der Waals surface area contributed by atoms with Gasteiger partial charge in [0.2, 0.25) is 0 Å². The van der Waals surface area contributed by atoms with E-state index in [1.807, 2.05) is 30.3 Å². The minimum Gasteiger partial charge on any atom is -0.481 e. The second kappa shape index (κ2) is 9.42. The van der Waals surface area contributed by atoms with E-state index in [1.165, 1.54) is 0 Å². The van der Waals surface area contributed by atoms with E-state index < -0.39 is 12.6 Å². The lowest BCUT2D eigenvalue weighted by Gasteiger charge is -2.06. The number of carboxylic acids is 1. The predicted octanol–water partition coefficient (Wildman–Crippen LogP) is 3.92. The molecule has 0 radical (unpaired) electrons. The summed E-state index contributed by atoms with van der Waals surface area (Å²) in [6.07, 6.45) is 1.10. The molecule has 0 saturated carbocycles. The maximum atomic E-state index is 10.7. The van der Waals surface area contributed by atoms with Gasteiger partial charge in [-0.05, 0) is 48.6 Å². The van der Waals surface area contributed by atoms with Gasteiger partial charge in [-0.25, -0.2) is 4.79 Å². The molecule has 1 N–H and O–H groups in total. The number of benzene rings is 2. The van der Waals surface area contributed by atoms with Crippen LogP contribution in [0.25, 0.3) is 0 Å². The van der Waals surface area contributed by atoms with Crippen molar-refractivity contribution in [2.75, 3.05) is 12.4 Å². The molecule has 25 heavy (non-hydrogen) atoms. The number of nitrogens with zero attached hydrogens (tertiary/aromatic N) is 1. The average molecular weight is 351 g/mol. The number of rotatable bonds is 6. The standard InChI is InChI=1S/C20H17NO3S/c1-2-10-25-18-5-3-4-15(12-18)6-8-17-11-16(13-21)7-9-19(17)24-14-20(22)23/h3-5,7,9,11-12H,2,10,14H2,1H3,(H,22,23). The first-order valence-electron chi connectivity index (χ1n) is 7.76. The van der Waals surface area contributed by atoms with Crippen molar-refractivity contribution in [2.24, 2.45) is 0 Å². The first-order chi connectivity index (χ1) is 12.1. The molecule has 0 bridgehead atoms. The Morgan fingerprint density at radius 2 is 2.04 bits per heavy atom. The molecule has 0 aromatic heterocycles. The highest BCUT2D eigenvalue weighted by atomic mass is 32.2. The van der Waals surface area contributed by atoms with Gasteiger partial charge in [0.15, 0.2) is 6.61 Å². The molecule has 2 aromatic rings. The summed E-state index contributed by atoms with van der Waals surface area (Å²) in [5, 5.41) is 17.8. The largest absolute Gasteiger partial charge is 0.481 e. The fourth-order valence-corrected chi connectivity index (χ4v) is 2.81. The van der Waals surface area contributed by atoms with Gasteiger partial charge in [0.1, 0.15) is 5.75 Å². The van der Waals surface area contributed by atoms with E-state index in [-0.39, 0.29) is 0 Å². The fraction of sp³-hybridized carbons (Fsp3) is 0.200. The van der Waals surface area contributed by atoms with Crippen LogP contribution in [0.4, 0.5) is 0 Å². The molecule has 0 atom stereocenters. The monoisotopic (exact) mass is 351 g/mol. The zero-order chi connectivity index (χ0) is 18.1. The van der Waals surface area contributed by atoms with Gasteiger partial charge < -0.3 is 9.84 Å². The first-order valence-corrected chi connectivity index (χ1v) is 8.74. The van der Waals surface area contributed by atoms with Crippen molar-refractivity contribution < 1.29 is 14.6 Å².